The first-order chi connectivity index (χ1) is 11.7. The molecule has 0 aliphatic rings. The molecule has 0 spiro atoms. The SMILES string of the molecule is CCOCCCNC(=NC)NCc1ncc(-c2ccc(C)cc2)o1.I. The summed E-state index contributed by atoms with van der Waals surface area (Å²) in [6, 6.07) is 8.19. The van der Waals surface area contributed by atoms with Gasteiger partial charge in [0.1, 0.15) is 0 Å². The Morgan fingerprint density at radius 1 is 1.24 bits per heavy atom. The summed E-state index contributed by atoms with van der Waals surface area (Å²) >= 11 is 0. The third-order valence-corrected chi connectivity index (χ3v) is 3.48. The second kappa shape index (κ2) is 11.9. The molecule has 1 aromatic carbocycles. The summed E-state index contributed by atoms with van der Waals surface area (Å²) in [5.41, 5.74) is 2.25. The van der Waals surface area contributed by atoms with E-state index in [-0.39, 0.29) is 24.0 Å². The van der Waals surface area contributed by atoms with Crippen LogP contribution in [0.3, 0.4) is 0 Å². The maximum Gasteiger partial charge on any atom is 0.214 e. The predicted octanol–water partition coefficient (Wildman–Crippen LogP) is 3.36. The van der Waals surface area contributed by atoms with Crippen LogP contribution >= 0.6 is 24.0 Å². The average molecular weight is 458 g/mol. The highest BCUT2D eigenvalue weighted by molar-refractivity contribution is 14.0. The van der Waals surface area contributed by atoms with Crippen LogP contribution in [-0.4, -0.2) is 37.7 Å². The van der Waals surface area contributed by atoms with E-state index < -0.39 is 0 Å². The van der Waals surface area contributed by atoms with E-state index in [1.165, 1.54) is 5.56 Å². The molecule has 0 atom stereocenters. The highest BCUT2D eigenvalue weighted by atomic mass is 127. The van der Waals surface area contributed by atoms with E-state index in [0.29, 0.717) is 12.4 Å². The molecule has 138 valence electrons. The first kappa shape index (κ1) is 21.4. The smallest absolute Gasteiger partial charge is 0.214 e. The van der Waals surface area contributed by atoms with Crippen molar-refractivity contribution in [1.82, 2.24) is 15.6 Å². The lowest BCUT2D eigenvalue weighted by Gasteiger charge is -2.10. The number of aromatic nitrogens is 1. The topological polar surface area (TPSA) is 71.7 Å². The quantitative estimate of drug-likeness (QED) is 0.275. The van der Waals surface area contributed by atoms with Gasteiger partial charge in [0, 0.05) is 32.4 Å². The van der Waals surface area contributed by atoms with E-state index in [1.807, 2.05) is 19.1 Å². The van der Waals surface area contributed by atoms with Crippen molar-refractivity contribution in [3.8, 4) is 11.3 Å². The number of aryl methyl sites for hydroxylation is 1. The van der Waals surface area contributed by atoms with Crippen LogP contribution in [0.5, 0.6) is 0 Å². The largest absolute Gasteiger partial charge is 0.439 e. The lowest BCUT2D eigenvalue weighted by atomic mass is 10.1. The van der Waals surface area contributed by atoms with Crippen LogP contribution in [0.15, 0.2) is 39.9 Å². The van der Waals surface area contributed by atoms with Gasteiger partial charge in [0.25, 0.3) is 0 Å². The Hall–Kier alpha value is -1.61. The monoisotopic (exact) mass is 458 g/mol. The maximum atomic E-state index is 5.79. The van der Waals surface area contributed by atoms with E-state index in [2.05, 4.69) is 39.7 Å². The number of nitrogens with one attached hydrogen (secondary N) is 2. The molecule has 0 saturated heterocycles. The number of oxazole rings is 1. The van der Waals surface area contributed by atoms with Gasteiger partial charge < -0.3 is 19.8 Å². The molecule has 0 fully saturated rings. The van der Waals surface area contributed by atoms with Crippen LogP contribution < -0.4 is 10.6 Å². The minimum Gasteiger partial charge on any atom is -0.439 e. The van der Waals surface area contributed by atoms with E-state index in [4.69, 9.17) is 9.15 Å². The lowest BCUT2D eigenvalue weighted by molar-refractivity contribution is 0.145. The number of hydrogen-bond donors (Lipinski definition) is 2. The van der Waals surface area contributed by atoms with E-state index in [0.717, 1.165) is 43.5 Å². The van der Waals surface area contributed by atoms with Gasteiger partial charge in [0.15, 0.2) is 11.7 Å². The van der Waals surface area contributed by atoms with Crippen molar-refractivity contribution in [3.05, 3.63) is 41.9 Å². The van der Waals surface area contributed by atoms with Crippen LogP contribution in [0, 0.1) is 6.92 Å². The molecule has 6 nitrogen and oxygen atoms in total. The number of benzene rings is 1. The zero-order valence-electron chi connectivity index (χ0n) is 15.0. The fourth-order valence-corrected chi connectivity index (χ4v) is 2.15. The Bertz CT molecular complexity index is 641. The van der Waals surface area contributed by atoms with Crippen molar-refractivity contribution < 1.29 is 9.15 Å². The minimum absolute atomic E-state index is 0. The minimum atomic E-state index is 0. The van der Waals surface area contributed by atoms with Gasteiger partial charge in [-0.1, -0.05) is 29.8 Å². The number of aliphatic imine (C=N–C) groups is 1. The van der Waals surface area contributed by atoms with Gasteiger partial charge in [-0.15, -0.1) is 24.0 Å². The Labute approximate surface area is 166 Å². The normalized spacial score (nSPS) is 11.1. The number of halogens is 1. The van der Waals surface area contributed by atoms with Crippen molar-refractivity contribution in [3.63, 3.8) is 0 Å². The number of nitrogens with zero attached hydrogens (tertiary/aromatic N) is 2. The third-order valence-electron chi connectivity index (χ3n) is 3.48. The summed E-state index contributed by atoms with van der Waals surface area (Å²) in [7, 11) is 1.74. The highest BCUT2D eigenvalue weighted by Crippen LogP contribution is 2.20. The summed E-state index contributed by atoms with van der Waals surface area (Å²) in [6.45, 7) is 6.85. The summed E-state index contributed by atoms with van der Waals surface area (Å²) in [4.78, 5) is 8.49. The molecular formula is C18H27IN4O2. The van der Waals surface area contributed by atoms with Gasteiger partial charge in [-0.2, -0.15) is 0 Å². The summed E-state index contributed by atoms with van der Waals surface area (Å²) in [6.07, 6.45) is 2.69. The summed E-state index contributed by atoms with van der Waals surface area (Å²) in [5, 5.41) is 6.43. The number of rotatable bonds is 8. The maximum absolute atomic E-state index is 5.79. The molecule has 0 aliphatic carbocycles. The van der Waals surface area contributed by atoms with Crippen LogP contribution in [0.1, 0.15) is 24.8 Å². The summed E-state index contributed by atoms with van der Waals surface area (Å²) < 4.78 is 11.1. The van der Waals surface area contributed by atoms with Gasteiger partial charge >= 0.3 is 0 Å². The van der Waals surface area contributed by atoms with Crippen LogP contribution in [0.4, 0.5) is 0 Å². The van der Waals surface area contributed by atoms with Gasteiger partial charge in [0.05, 0.1) is 12.7 Å². The van der Waals surface area contributed by atoms with Crippen molar-refractivity contribution in [2.75, 3.05) is 26.8 Å². The van der Waals surface area contributed by atoms with Crippen LogP contribution in [-0.2, 0) is 11.3 Å². The molecule has 0 saturated carbocycles. The van der Waals surface area contributed by atoms with Crippen LogP contribution in [0.25, 0.3) is 11.3 Å². The first-order valence-electron chi connectivity index (χ1n) is 8.27. The second-order valence-corrected chi connectivity index (χ2v) is 5.39. The fraction of sp³-hybridized carbons (Fsp3) is 0.444. The van der Waals surface area contributed by atoms with Gasteiger partial charge in [-0.05, 0) is 20.3 Å². The molecule has 0 aliphatic heterocycles. The van der Waals surface area contributed by atoms with E-state index >= 15 is 0 Å². The molecular weight excluding hydrogens is 431 g/mol. The van der Waals surface area contributed by atoms with E-state index in [9.17, 15) is 0 Å². The molecule has 2 aromatic rings. The Morgan fingerprint density at radius 3 is 2.68 bits per heavy atom. The van der Waals surface area contributed by atoms with Crippen LogP contribution in [0.2, 0.25) is 0 Å². The molecule has 0 radical (unpaired) electrons. The third kappa shape index (κ3) is 7.43. The van der Waals surface area contributed by atoms with E-state index in [1.54, 1.807) is 13.2 Å². The molecule has 1 aromatic heterocycles. The molecule has 1 heterocycles. The lowest BCUT2D eigenvalue weighted by Crippen LogP contribution is -2.37. The number of guanidine groups is 1. The van der Waals surface area contributed by atoms with Gasteiger partial charge in [-0.25, -0.2) is 4.98 Å². The Morgan fingerprint density at radius 2 is 2.00 bits per heavy atom. The molecule has 0 amide bonds. The molecule has 2 rings (SSSR count). The zero-order valence-corrected chi connectivity index (χ0v) is 17.4. The molecule has 0 unspecified atom stereocenters. The predicted molar refractivity (Wildman–Crippen MR) is 111 cm³/mol. The first-order valence-corrected chi connectivity index (χ1v) is 8.27. The highest BCUT2D eigenvalue weighted by Gasteiger charge is 2.07. The van der Waals surface area contributed by atoms with Crippen molar-refractivity contribution in [2.45, 2.75) is 26.8 Å². The Kier molecular flexibility index (Phi) is 10.2. The number of ether oxygens (including phenoxy) is 1. The second-order valence-electron chi connectivity index (χ2n) is 5.39. The molecule has 0 bridgehead atoms. The van der Waals surface area contributed by atoms with Gasteiger partial charge in [0.2, 0.25) is 5.89 Å². The van der Waals surface area contributed by atoms with Gasteiger partial charge in [-0.3, -0.25) is 4.99 Å². The average Bonchev–Trinajstić information content (AvgIpc) is 3.07. The van der Waals surface area contributed by atoms with Crippen molar-refractivity contribution in [2.24, 2.45) is 4.99 Å². The number of hydrogen-bond acceptors (Lipinski definition) is 4. The molecule has 7 heteroatoms. The standard InChI is InChI=1S/C18H26N4O2.HI/c1-4-23-11-5-10-20-18(19-3)22-13-17-21-12-16(24-17)15-8-6-14(2)7-9-15;/h6-9,12H,4-5,10-11,13H2,1-3H3,(H2,19,20,22);1H. The summed E-state index contributed by atoms with van der Waals surface area (Å²) in [5.74, 6) is 2.12. The molecule has 25 heavy (non-hydrogen) atoms. The van der Waals surface area contributed by atoms with Crippen molar-refractivity contribution in [1.29, 1.82) is 0 Å². The zero-order chi connectivity index (χ0) is 17.2. The Balaban J connectivity index is 0.00000312. The van der Waals surface area contributed by atoms with Crippen molar-refractivity contribution >= 4 is 29.9 Å². The fourth-order valence-electron chi connectivity index (χ4n) is 2.15. The molecule has 2 N–H and O–H groups in total.